The zero-order valence-electron chi connectivity index (χ0n) is 12.6. The van der Waals surface area contributed by atoms with Gasteiger partial charge in [-0.2, -0.15) is 0 Å². The van der Waals surface area contributed by atoms with Crippen LogP contribution in [-0.2, 0) is 15.1 Å². The van der Waals surface area contributed by atoms with E-state index >= 15 is 0 Å². The molecule has 1 saturated heterocycles. The summed E-state index contributed by atoms with van der Waals surface area (Å²) >= 11 is 5.96. The van der Waals surface area contributed by atoms with Crippen molar-refractivity contribution in [3.8, 4) is 0 Å². The summed E-state index contributed by atoms with van der Waals surface area (Å²) in [5.41, 5.74) is 0.705. The minimum absolute atomic E-state index is 0.0548. The molecule has 1 heterocycles. The van der Waals surface area contributed by atoms with E-state index in [-0.39, 0.29) is 11.4 Å². The Hall–Kier alpha value is -1.10. The maximum atomic E-state index is 12.5. The van der Waals surface area contributed by atoms with Crippen molar-refractivity contribution in [2.24, 2.45) is 0 Å². The first-order valence-electron chi connectivity index (χ1n) is 7.51. The molecule has 1 aliphatic heterocycles. The largest absolute Gasteiger partial charge is 0.366 e. The van der Waals surface area contributed by atoms with Gasteiger partial charge in [-0.3, -0.25) is 4.79 Å². The van der Waals surface area contributed by atoms with Crippen molar-refractivity contribution < 1.29 is 9.53 Å². The SMILES string of the molecule is CCC(CC)(NC(=O)C1CNCCO1)c1ccc(Cl)cc1. The Balaban J connectivity index is 2.17. The van der Waals surface area contributed by atoms with Gasteiger partial charge in [0.05, 0.1) is 12.1 Å². The second kappa shape index (κ2) is 7.25. The number of morpholine rings is 1. The van der Waals surface area contributed by atoms with Crippen LogP contribution in [0.1, 0.15) is 32.3 Å². The van der Waals surface area contributed by atoms with Gasteiger partial charge >= 0.3 is 0 Å². The van der Waals surface area contributed by atoms with Crippen LogP contribution < -0.4 is 10.6 Å². The zero-order chi connectivity index (χ0) is 15.3. The third kappa shape index (κ3) is 3.76. The number of halogens is 1. The topological polar surface area (TPSA) is 50.4 Å². The molecule has 1 atom stereocenters. The van der Waals surface area contributed by atoms with Gasteiger partial charge in [-0.25, -0.2) is 0 Å². The van der Waals surface area contributed by atoms with Crippen LogP contribution in [0.2, 0.25) is 5.02 Å². The minimum Gasteiger partial charge on any atom is -0.366 e. The van der Waals surface area contributed by atoms with Crippen molar-refractivity contribution in [2.75, 3.05) is 19.7 Å². The third-order valence-corrected chi connectivity index (χ3v) is 4.44. The molecular weight excluding hydrogens is 288 g/mol. The predicted octanol–water partition coefficient (Wildman–Crippen LogP) is 2.46. The number of ether oxygens (including phenoxy) is 1. The summed E-state index contributed by atoms with van der Waals surface area (Å²) in [6, 6.07) is 7.69. The maximum absolute atomic E-state index is 12.5. The van der Waals surface area contributed by atoms with Crippen LogP contribution >= 0.6 is 11.6 Å². The van der Waals surface area contributed by atoms with E-state index in [0.717, 1.165) is 24.9 Å². The van der Waals surface area contributed by atoms with E-state index in [0.29, 0.717) is 18.2 Å². The van der Waals surface area contributed by atoms with Crippen molar-refractivity contribution in [3.63, 3.8) is 0 Å². The van der Waals surface area contributed by atoms with Gasteiger partial charge in [-0.15, -0.1) is 0 Å². The molecule has 1 fully saturated rings. The first-order valence-corrected chi connectivity index (χ1v) is 7.89. The zero-order valence-corrected chi connectivity index (χ0v) is 13.4. The highest BCUT2D eigenvalue weighted by Gasteiger charge is 2.33. The van der Waals surface area contributed by atoms with Crippen LogP contribution in [0, 0.1) is 0 Å². The molecule has 1 aromatic carbocycles. The second-order valence-electron chi connectivity index (χ2n) is 5.35. The Morgan fingerprint density at radius 2 is 2.05 bits per heavy atom. The fraction of sp³-hybridized carbons (Fsp3) is 0.562. The highest BCUT2D eigenvalue weighted by molar-refractivity contribution is 6.30. The summed E-state index contributed by atoms with van der Waals surface area (Å²) in [7, 11) is 0. The number of hydrogen-bond donors (Lipinski definition) is 2. The average Bonchev–Trinajstić information content (AvgIpc) is 2.54. The maximum Gasteiger partial charge on any atom is 0.251 e. The van der Waals surface area contributed by atoms with E-state index in [2.05, 4.69) is 24.5 Å². The molecular formula is C16H23ClN2O2. The normalized spacial score (nSPS) is 19.3. The smallest absolute Gasteiger partial charge is 0.251 e. The quantitative estimate of drug-likeness (QED) is 0.878. The van der Waals surface area contributed by atoms with Crippen LogP contribution in [0.25, 0.3) is 0 Å². The molecule has 0 saturated carbocycles. The van der Waals surface area contributed by atoms with Crippen LogP contribution in [0.15, 0.2) is 24.3 Å². The molecule has 0 bridgehead atoms. The van der Waals surface area contributed by atoms with Crippen molar-refractivity contribution in [2.45, 2.75) is 38.3 Å². The lowest BCUT2D eigenvalue weighted by Gasteiger charge is -2.35. The van der Waals surface area contributed by atoms with Gasteiger partial charge in [0.25, 0.3) is 5.91 Å². The number of hydrogen-bond acceptors (Lipinski definition) is 3. The molecule has 1 amide bonds. The van der Waals surface area contributed by atoms with Crippen LogP contribution in [0.4, 0.5) is 0 Å². The fourth-order valence-electron chi connectivity index (χ4n) is 2.73. The number of carbonyl (C=O) groups excluding carboxylic acids is 1. The summed E-state index contributed by atoms with van der Waals surface area (Å²) in [5.74, 6) is -0.0548. The summed E-state index contributed by atoms with van der Waals surface area (Å²) in [5, 5.41) is 7.07. The summed E-state index contributed by atoms with van der Waals surface area (Å²) in [4.78, 5) is 12.5. The molecule has 5 heteroatoms. The predicted molar refractivity (Wildman–Crippen MR) is 84.5 cm³/mol. The average molecular weight is 311 g/mol. The first kappa shape index (κ1) is 16.3. The molecule has 1 aromatic rings. The Labute approximate surface area is 131 Å². The van der Waals surface area contributed by atoms with E-state index in [9.17, 15) is 4.79 Å². The number of benzene rings is 1. The van der Waals surface area contributed by atoms with Crippen molar-refractivity contribution in [1.82, 2.24) is 10.6 Å². The van der Waals surface area contributed by atoms with Gasteiger partial charge in [0, 0.05) is 18.1 Å². The number of nitrogens with one attached hydrogen (secondary N) is 2. The van der Waals surface area contributed by atoms with Gasteiger partial charge in [-0.05, 0) is 30.5 Å². The molecule has 0 radical (unpaired) electrons. The highest BCUT2D eigenvalue weighted by Crippen LogP contribution is 2.30. The molecule has 21 heavy (non-hydrogen) atoms. The van der Waals surface area contributed by atoms with E-state index in [1.165, 1.54) is 0 Å². The Morgan fingerprint density at radius 1 is 1.38 bits per heavy atom. The Kier molecular flexibility index (Phi) is 5.62. The van der Waals surface area contributed by atoms with Gasteiger partial charge in [0.15, 0.2) is 0 Å². The number of carbonyl (C=O) groups is 1. The Bertz CT molecular complexity index is 466. The van der Waals surface area contributed by atoms with E-state index in [4.69, 9.17) is 16.3 Å². The van der Waals surface area contributed by atoms with Crippen LogP contribution in [0.3, 0.4) is 0 Å². The van der Waals surface area contributed by atoms with Crippen molar-refractivity contribution >= 4 is 17.5 Å². The first-order chi connectivity index (χ1) is 10.1. The molecule has 1 aliphatic rings. The lowest BCUT2D eigenvalue weighted by molar-refractivity contribution is -0.136. The van der Waals surface area contributed by atoms with Crippen molar-refractivity contribution in [1.29, 1.82) is 0 Å². The highest BCUT2D eigenvalue weighted by atomic mass is 35.5. The monoisotopic (exact) mass is 310 g/mol. The molecule has 0 spiro atoms. The number of rotatable bonds is 5. The summed E-state index contributed by atoms with van der Waals surface area (Å²) < 4.78 is 5.53. The summed E-state index contributed by atoms with van der Waals surface area (Å²) in [6.07, 6.45) is 1.22. The molecule has 1 unspecified atom stereocenters. The van der Waals surface area contributed by atoms with Gasteiger partial charge < -0.3 is 15.4 Å². The lowest BCUT2D eigenvalue weighted by atomic mass is 9.84. The van der Waals surface area contributed by atoms with E-state index < -0.39 is 6.10 Å². The van der Waals surface area contributed by atoms with Crippen LogP contribution in [-0.4, -0.2) is 31.7 Å². The van der Waals surface area contributed by atoms with E-state index in [1.54, 1.807) is 0 Å². The number of amides is 1. The van der Waals surface area contributed by atoms with E-state index in [1.807, 2.05) is 24.3 Å². The minimum atomic E-state index is -0.413. The Morgan fingerprint density at radius 3 is 2.57 bits per heavy atom. The molecule has 2 rings (SSSR count). The lowest BCUT2D eigenvalue weighted by Crippen LogP contribution is -2.54. The molecule has 0 aromatic heterocycles. The van der Waals surface area contributed by atoms with Crippen molar-refractivity contribution in [3.05, 3.63) is 34.9 Å². The third-order valence-electron chi connectivity index (χ3n) is 4.19. The van der Waals surface area contributed by atoms with Gasteiger partial charge in [-0.1, -0.05) is 37.6 Å². The van der Waals surface area contributed by atoms with Gasteiger partial charge in [0.1, 0.15) is 6.10 Å². The molecule has 116 valence electrons. The molecule has 4 nitrogen and oxygen atoms in total. The van der Waals surface area contributed by atoms with Crippen LogP contribution in [0.5, 0.6) is 0 Å². The molecule has 2 N–H and O–H groups in total. The molecule has 0 aliphatic carbocycles. The van der Waals surface area contributed by atoms with Gasteiger partial charge in [0.2, 0.25) is 0 Å². The standard InChI is InChI=1S/C16H23ClN2O2/c1-3-16(4-2,12-5-7-13(17)8-6-12)19-15(20)14-11-18-9-10-21-14/h5-8,14,18H,3-4,9-11H2,1-2H3,(H,19,20). The summed E-state index contributed by atoms with van der Waals surface area (Å²) in [6.45, 7) is 6.10. The fourth-order valence-corrected chi connectivity index (χ4v) is 2.85. The second-order valence-corrected chi connectivity index (χ2v) is 5.79.